The molecule has 0 radical (unpaired) electrons. The van der Waals surface area contributed by atoms with Crippen molar-refractivity contribution in [1.29, 1.82) is 0 Å². The zero-order valence-corrected chi connectivity index (χ0v) is 19.5. The van der Waals surface area contributed by atoms with Crippen LogP contribution in [-0.2, 0) is 6.18 Å². The van der Waals surface area contributed by atoms with E-state index in [-0.39, 0.29) is 17.2 Å². The summed E-state index contributed by atoms with van der Waals surface area (Å²) >= 11 is 0. The number of rotatable bonds is 5. The van der Waals surface area contributed by atoms with E-state index >= 15 is 0 Å². The van der Waals surface area contributed by atoms with E-state index in [1.54, 1.807) is 10.9 Å². The number of aromatic nitrogens is 3. The van der Waals surface area contributed by atoms with Crippen LogP contribution in [0.15, 0.2) is 36.5 Å². The quantitative estimate of drug-likeness (QED) is 0.373. The van der Waals surface area contributed by atoms with Gasteiger partial charge in [-0.1, -0.05) is 19.9 Å². The molecule has 2 heterocycles. The maximum atomic E-state index is 13.1. The third kappa shape index (κ3) is 5.90. The number of halogens is 6. The second-order valence-corrected chi connectivity index (χ2v) is 9.24. The summed E-state index contributed by atoms with van der Waals surface area (Å²) in [5.41, 5.74) is -2.05. The Labute approximate surface area is 202 Å². The van der Waals surface area contributed by atoms with Gasteiger partial charge >= 0.3 is 12.5 Å². The van der Waals surface area contributed by atoms with Crippen molar-refractivity contribution in [3.63, 3.8) is 0 Å². The zero-order valence-electron chi connectivity index (χ0n) is 19.5. The van der Waals surface area contributed by atoms with Crippen LogP contribution in [0.1, 0.15) is 61.8 Å². The van der Waals surface area contributed by atoms with Crippen LogP contribution in [-0.4, -0.2) is 27.0 Å². The molecule has 1 aromatic carbocycles. The number of hydrogen-bond donors (Lipinski definition) is 1. The summed E-state index contributed by atoms with van der Waals surface area (Å²) in [5.74, 6) is -0.664. The van der Waals surface area contributed by atoms with E-state index in [1.807, 2.05) is 0 Å². The Morgan fingerprint density at radius 3 is 2.39 bits per heavy atom. The first-order valence-electron chi connectivity index (χ1n) is 11.4. The van der Waals surface area contributed by atoms with Crippen molar-refractivity contribution < 1.29 is 35.9 Å². The molecular weight excluding hydrogens is 490 g/mol. The van der Waals surface area contributed by atoms with Gasteiger partial charge in [0.2, 0.25) is 0 Å². The smallest absolute Gasteiger partial charge is 0.403 e. The maximum absolute atomic E-state index is 13.1. The van der Waals surface area contributed by atoms with Crippen LogP contribution in [0, 0.1) is 11.8 Å². The molecule has 1 amide bonds. The summed E-state index contributed by atoms with van der Waals surface area (Å²) in [6.45, 7) is 4.36. The standard InChI is InChI=1S/C24H24F6N4O2/c1-13(2)14-6-8-16(9-7-14)34-12-15-10-19(20(11-18(15)33-34)36-24(28,29)30)32-22(35)17-4-3-5-21(31-17)23(25,26)27/h3-5,10-14,16H,6-9H2,1-2H3,(H,32,35)/t14-,16-. The Hall–Kier alpha value is -3.31. The molecule has 0 bridgehead atoms. The van der Waals surface area contributed by atoms with Crippen molar-refractivity contribution in [2.24, 2.45) is 11.8 Å². The third-order valence-corrected chi connectivity index (χ3v) is 6.43. The van der Waals surface area contributed by atoms with Gasteiger partial charge in [-0.2, -0.15) is 18.3 Å². The second kappa shape index (κ2) is 9.62. The fourth-order valence-corrected chi connectivity index (χ4v) is 4.50. The van der Waals surface area contributed by atoms with Gasteiger partial charge in [-0.15, -0.1) is 13.2 Å². The first-order valence-corrected chi connectivity index (χ1v) is 11.4. The summed E-state index contributed by atoms with van der Waals surface area (Å²) in [6.07, 6.45) is -4.37. The zero-order chi connectivity index (χ0) is 26.3. The van der Waals surface area contributed by atoms with Crippen LogP contribution in [0.2, 0.25) is 0 Å². The molecule has 0 atom stereocenters. The minimum atomic E-state index is -5.07. The number of hydrogen-bond acceptors (Lipinski definition) is 4. The van der Waals surface area contributed by atoms with Crippen LogP contribution in [0.3, 0.4) is 0 Å². The topological polar surface area (TPSA) is 69.0 Å². The van der Waals surface area contributed by atoms with E-state index in [0.29, 0.717) is 23.3 Å². The molecule has 2 aromatic heterocycles. The number of ether oxygens (including phenoxy) is 1. The fourth-order valence-electron chi connectivity index (χ4n) is 4.50. The number of anilines is 1. The molecule has 36 heavy (non-hydrogen) atoms. The first-order chi connectivity index (χ1) is 16.8. The highest BCUT2D eigenvalue weighted by atomic mass is 19.4. The van der Waals surface area contributed by atoms with Gasteiger partial charge in [0.15, 0.2) is 5.75 Å². The van der Waals surface area contributed by atoms with E-state index in [1.165, 1.54) is 6.07 Å². The molecule has 1 N–H and O–H groups in total. The summed E-state index contributed by atoms with van der Waals surface area (Å²) in [6, 6.07) is 5.09. The Kier molecular flexibility index (Phi) is 6.89. The Bertz CT molecular complexity index is 1240. The Morgan fingerprint density at radius 1 is 1.08 bits per heavy atom. The van der Waals surface area contributed by atoms with Crippen LogP contribution < -0.4 is 10.1 Å². The largest absolute Gasteiger partial charge is 0.573 e. The van der Waals surface area contributed by atoms with Gasteiger partial charge in [-0.25, -0.2) is 4.98 Å². The van der Waals surface area contributed by atoms with Crippen LogP contribution in [0.25, 0.3) is 10.9 Å². The number of amides is 1. The van der Waals surface area contributed by atoms with Crippen LogP contribution >= 0.6 is 0 Å². The van der Waals surface area contributed by atoms with E-state index in [4.69, 9.17) is 0 Å². The van der Waals surface area contributed by atoms with Crippen molar-refractivity contribution in [3.8, 4) is 5.75 Å². The molecule has 0 unspecified atom stereocenters. The summed E-state index contributed by atoms with van der Waals surface area (Å²) < 4.78 is 83.9. The number of nitrogens with one attached hydrogen (secondary N) is 1. The monoisotopic (exact) mass is 514 g/mol. The molecule has 0 spiro atoms. The molecule has 6 nitrogen and oxygen atoms in total. The van der Waals surface area contributed by atoms with Crippen LogP contribution in [0.5, 0.6) is 5.75 Å². The van der Waals surface area contributed by atoms with Gasteiger partial charge in [-0.05, 0) is 55.7 Å². The van der Waals surface area contributed by atoms with Crippen molar-refractivity contribution in [1.82, 2.24) is 14.8 Å². The van der Waals surface area contributed by atoms with Gasteiger partial charge in [-0.3, -0.25) is 9.48 Å². The third-order valence-electron chi connectivity index (χ3n) is 6.43. The SMILES string of the molecule is CC(C)[C@H]1CC[C@H](n2cc3cc(NC(=O)c4cccc(C(F)(F)F)n4)c(OC(F)(F)F)cc3n2)CC1. The number of fused-ring (bicyclic) bond motifs is 1. The van der Waals surface area contributed by atoms with Gasteiger partial charge in [0, 0.05) is 17.6 Å². The molecule has 194 valence electrons. The molecule has 4 rings (SSSR count). The van der Waals surface area contributed by atoms with Gasteiger partial charge < -0.3 is 10.1 Å². The minimum absolute atomic E-state index is 0.0896. The lowest BCUT2D eigenvalue weighted by Crippen LogP contribution is -2.21. The van der Waals surface area contributed by atoms with Crippen molar-refractivity contribution in [2.75, 3.05) is 5.32 Å². The lowest BCUT2D eigenvalue weighted by Gasteiger charge is -2.30. The highest BCUT2D eigenvalue weighted by Crippen LogP contribution is 2.38. The molecule has 1 aliphatic rings. The molecule has 1 aliphatic carbocycles. The predicted molar refractivity (Wildman–Crippen MR) is 119 cm³/mol. The number of alkyl halides is 6. The van der Waals surface area contributed by atoms with E-state index in [9.17, 15) is 31.1 Å². The summed E-state index contributed by atoms with van der Waals surface area (Å²) in [7, 11) is 0. The van der Waals surface area contributed by atoms with Crippen molar-refractivity contribution in [3.05, 3.63) is 47.9 Å². The molecule has 0 saturated heterocycles. The number of nitrogens with zero attached hydrogens (tertiary/aromatic N) is 3. The number of carbonyl (C=O) groups excluding carboxylic acids is 1. The van der Waals surface area contributed by atoms with Crippen LogP contribution in [0.4, 0.5) is 32.0 Å². The Balaban J connectivity index is 1.64. The van der Waals surface area contributed by atoms with Crippen molar-refractivity contribution in [2.45, 2.75) is 58.1 Å². The summed E-state index contributed by atoms with van der Waals surface area (Å²) in [5, 5.41) is 7.08. The highest BCUT2D eigenvalue weighted by molar-refractivity contribution is 6.05. The molecule has 1 saturated carbocycles. The van der Waals surface area contributed by atoms with E-state index < -0.39 is 35.6 Å². The average Bonchev–Trinajstić information content (AvgIpc) is 3.20. The van der Waals surface area contributed by atoms with Gasteiger partial charge in [0.25, 0.3) is 5.91 Å². The van der Waals surface area contributed by atoms with Gasteiger partial charge in [0.1, 0.15) is 11.4 Å². The molecule has 1 fully saturated rings. The molecule has 0 aliphatic heterocycles. The Morgan fingerprint density at radius 2 is 1.78 bits per heavy atom. The van der Waals surface area contributed by atoms with E-state index in [0.717, 1.165) is 43.9 Å². The highest BCUT2D eigenvalue weighted by Gasteiger charge is 2.34. The van der Waals surface area contributed by atoms with E-state index in [2.05, 4.69) is 34.0 Å². The minimum Gasteiger partial charge on any atom is -0.403 e. The molecular formula is C24H24F6N4O2. The number of pyridine rings is 1. The van der Waals surface area contributed by atoms with Crippen molar-refractivity contribution >= 4 is 22.5 Å². The molecule has 12 heteroatoms. The summed E-state index contributed by atoms with van der Waals surface area (Å²) in [4.78, 5) is 15.9. The predicted octanol–water partition coefficient (Wildman–Crippen LogP) is 6.99. The molecule has 3 aromatic rings. The average molecular weight is 514 g/mol. The first kappa shape index (κ1) is 25.8. The normalized spacial score (nSPS) is 19.0. The van der Waals surface area contributed by atoms with Gasteiger partial charge in [0.05, 0.1) is 17.2 Å². The lowest BCUT2D eigenvalue weighted by atomic mass is 9.80. The maximum Gasteiger partial charge on any atom is 0.573 e. The lowest BCUT2D eigenvalue weighted by molar-refractivity contribution is -0.274. The number of benzene rings is 1. The number of carbonyl (C=O) groups is 1. The second-order valence-electron chi connectivity index (χ2n) is 9.24. The fraction of sp³-hybridized carbons (Fsp3) is 0.458.